The molecule has 0 unspecified atom stereocenters. The predicted molar refractivity (Wildman–Crippen MR) is 56.9 cm³/mol. The van der Waals surface area contributed by atoms with Crippen molar-refractivity contribution in [2.75, 3.05) is 19.8 Å². The molecule has 0 atom stereocenters. The molecular weight excluding hydrogens is 194 g/mol. The van der Waals surface area contributed by atoms with Gasteiger partial charge in [-0.25, -0.2) is 0 Å². The first-order valence-electron chi connectivity index (χ1n) is 4.85. The lowest BCUT2D eigenvalue weighted by atomic mass is 10.2. The van der Waals surface area contributed by atoms with Crippen molar-refractivity contribution in [2.45, 2.75) is 6.92 Å². The Kier molecular flexibility index (Phi) is 4.63. The molecule has 0 fully saturated rings. The molecule has 0 aliphatic heterocycles. The Balaban J connectivity index is 2.56. The van der Waals surface area contributed by atoms with E-state index in [4.69, 9.17) is 15.2 Å². The molecule has 4 heteroatoms. The number of nitrogens with two attached hydrogens (primary N) is 1. The van der Waals surface area contributed by atoms with Gasteiger partial charge >= 0.3 is 0 Å². The molecule has 0 saturated heterocycles. The minimum absolute atomic E-state index is 0.397. The number of hydrogen-bond acceptors (Lipinski definition) is 3. The third-order valence-electron chi connectivity index (χ3n) is 1.84. The summed E-state index contributed by atoms with van der Waals surface area (Å²) in [5, 5.41) is 0. The lowest BCUT2D eigenvalue weighted by Crippen LogP contribution is -2.14. The average molecular weight is 209 g/mol. The lowest BCUT2D eigenvalue weighted by Gasteiger charge is -2.08. The molecule has 0 aromatic heterocycles. The molecule has 1 aromatic carbocycles. The highest BCUT2D eigenvalue weighted by Crippen LogP contribution is 2.16. The summed E-state index contributed by atoms with van der Waals surface area (Å²) in [4.78, 5) is 11.0. The molecule has 0 heterocycles. The van der Waals surface area contributed by atoms with Gasteiger partial charge in [-0.2, -0.15) is 0 Å². The monoisotopic (exact) mass is 209 g/mol. The van der Waals surface area contributed by atoms with Crippen molar-refractivity contribution in [3.63, 3.8) is 0 Å². The van der Waals surface area contributed by atoms with Crippen LogP contribution in [0.2, 0.25) is 0 Å². The number of carbonyl (C=O) groups is 1. The molecule has 0 bridgehead atoms. The van der Waals surface area contributed by atoms with E-state index in [0.717, 1.165) is 0 Å². The summed E-state index contributed by atoms with van der Waals surface area (Å²) >= 11 is 0. The second kappa shape index (κ2) is 6.03. The smallest absolute Gasteiger partial charge is 0.252 e. The van der Waals surface area contributed by atoms with E-state index in [1.54, 1.807) is 24.3 Å². The summed E-state index contributed by atoms with van der Waals surface area (Å²) in [5.41, 5.74) is 5.59. The maximum absolute atomic E-state index is 11.0. The molecule has 0 aliphatic carbocycles. The van der Waals surface area contributed by atoms with Gasteiger partial charge in [-0.15, -0.1) is 0 Å². The number of amides is 1. The van der Waals surface area contributed by atoms with Gasteiger partial charge < -0.3 is 15.2 Å². The highest BCUT2D eigenvalue weighted by molar-refractivity contribution is 5.95. The van der Waals surface area contributed by atoms with Crippen molar-refractivity contribution >= 4 is 5.91 Å². The van der Waals surface area contributed by atoms with Crippen molar-refractivity contribution in [1.82, 2.24) is 0 Å². The summed E-state index contributed by atoms with van der Waals surface area (Å²) in [7, 11) is 0. The van der Waals surface area contributed by atoms with Gasteiger partial charge in [0.05, 0.1) is 12.2 Å². The van der Waals surface area contributed by atoms with Crippen molar-refractivity contribution in [3.05, 3.63) is 29.8 Å². The molecule has 82 valence electrons. The standard InChI is InChI=1S/C11H15NO3/c1-2-14-7-8-15-10-6-4-3-5-9(10)11(12)13/h3-6H,2,7-8H2,1H3,(H2,12,13). The number of carbonyl (C=O) groups excluding carboxylic acids is 1. The first kappa shape index (κ1) is 11.5. The first-order chi connectivity index (χ1) is 7.25. The second-order valence-electron chi connectivity index (χ2n) is 2.91. The quantitative estimate of drug-likeness (QED) is 0.716. The molecule has 0 spiro atoms. The van der Waals surface area contributed by atoms with E-state index in [2.05, 4.69) is 0 Å². The molecule has 1 aromatic rings. The van der Waals surface area contributed by atoms with E-state index in [9.17, 15) is 4.79 Å². The Morgan fingerprint density at radius 2 is 2.07 bits per heavy atom. The molecule has 2 N–H and O–H groups in total. The zero-order chi connectivity index (χ0) is 11.1. The number of para-hydroxylation sites is 1. The zero-order valence-electron chi connectivity index (χ0n) is 8.73. The second-order valence-corrected chi connectivity index (χ2v) is 2.91. The highest BCUT2D eigenvalue weighted by atomic mass is 16.5. The first-order valence-corrected chi connectivity index (χ1v) is 4.85. The van der Waals surface area contributed by atoms with Crippen molar-refractivity contribution in [3.8, 4) is 5.75 Å². The fraction of sp³-hybridized carbons (Fsp3) is 0.364. The molecule has 0 aliphatic rings. The third kappa shape index (κ3) is 3.59. The minimum atomic E-state index is -0.484. The van der Waals surface area contributed by atoms with Crippen LogP contribution >= 0.6 is 0 Å². The predicted octanol–water partition coefficient (Wildman–Crippen LogP) is 1.20. The van der Waals surface area contributed by atoms with Crippen LogP contribution in [-0.4, -0.2) is 25.7 Å². The van der Waals surface area contributed by atoms with Crippen LogP contribution in [0.5, 0.6) is 5.75 Å². The fourth-order valence-corrected chi connectivity index (χ4v) is 1.15. The van der Waals surface area contributed by atoms with Crippen LogP contribution in [0, 0.1) is 0 Å². The molecule has 1 rings (SSSR count). The highest BCUT2D eigenvalue weighted by Gasteiger charge is 2.07. The average Bonchev–Trinajstić information content (AvgIpc) is 2.25. The SMILES string of the molecule is CCOCCOc1ccccc1C(N)=O. The Morgan fingerprint density at radius 1 is 1.33 bits per heavy atom. The number of primary amides is 1. The van der Waals surface area contributed by atoms with Gasteiger partial charge in [0.2, 0.25) is 0 Å². The summed E-state index contributed by atoms with van der Waals surface area (Å²) < 4.78 is 10.5. The Hall–Kier alpha value is -1.55. The van der Waals surface area contributed by atoms with E-state index in [1.165, 1.54) is 0 Å². The van der Waals surface area contributed by atoms with E-state index in [1.807, 2.05) is 6.92 Å². The maximum atomic E-state index is 11.0. The topological polar surface area (TPSA) is 61.6 Å². The van der Waals surface area contributed by atoms with Gasteiger partial charge in [0.25, 0.3) is 5.91 Å². The number of benzene rings is 1. The van der Waals surface area contributed by atoms with E-state index >= 15 is 0 Å². The summed E-state index contributed by atoms with van der Waals surface area (Å²) in [6, 6.07) is 6.89. The summed E-state index contributed by atoms with van der Waals surface area (Å²) in [6.45, 7) is 3.49. The van der Waals surface area contributed by atoms with Crippen LogP contribution in [0.25, 0.3) is 0 Å². The van der Waals surface area contributed by atoms with Crippen LogP contribution in [0.3, 0.4) is 0 Å². The summed E-state index contributed by atoms with van der Waals surface area (Å²) in [5.74, 6) is 0.0201. The third-order valence-corrected chi connectivity index (χ3v) is 1.84. The van der Waals surface area contributed by atoms with Gasteiger partial charge in [0, 0.05) is 6.61 Å². The van der Waals surface area contributed by atoms with E-state index in [0.29, 0.717) is 31.1 Å². The number of rotatable bonds is 6. The van der Waals surface area contributed by atoms with Gasteiger partial charge in [0.1, 0.15) is 12.4 Å². The van der Waals surface area contributed by atoms with Gasteiger partial charge in [-0.05, 0) is 19.1 Å². The van der Waals surface area contributed by atoms with Crippen LogP contribution in [0.1, 0.15) is 17.3 Å². The Bertz CT molecular complexity index is 325. The number of hydrogen-bond donors (Lipinski definition) is 1. The normalized spacial score (nSPS) is 9.93. The molecule has 15 heavy (non-hydrogen) atoms. The Labute approximate surface area is 89.0 Å². The van der Waals surface area contributed by atoms with Gasteiger partial charge in [-0.3, -0.25) is 4.79 Å². The maximum Gasteiger partial charge on any atom is 0.252 e. The molecule has 0 radical (unpaired) electrons. The number of ether oxygens (including phenoxy) is 2. The van der Waals surface area contributed by atoms with E-state index in [-0.39, 0.29) is 0 Å². The van der Waals surface area contributed by atoms with Crippen molar-refractivity contribution in [1.29, 1.82) is 0 Å². The Morgan fingerprint density at radius 3 is 2.73 bits per heavy atom. The van der Waals surface area contributed by atoms with Crippen LogP contribution in [0.15, 0.2) is 24.3 Å². The summed E-state index contributed by atoms with van der Waals surface area (Å²) in [6.07, 6.45) is 0. The molecule has 1 amide bonds. The van der Waals surface area contributed by atoms with Crippen molar-refractivity contribution in [2.24, 2.45) is 5.73 Å². The molecule has 4 nitrogen and oxygen atoms in total. The lowest BCUT2D eigenvalue weighted by molar-refractivity contribution is 0.0979. The van der Waals surface area contributed by atoms with Crippen LogP contribution in [0.4, 0.5) is 0 Å². The molecular formula is C11H15NO3. The molecule has 0 saturated carbocycles. The van der Waals surface area contributed by atoms with Crippen LogP contribution in [-0.2, 0) is 4.74 Å². The van der Waals surface area contributed by atoms with Crippen LogP contribution < -0.4 is 10.5 Å². The fourth-order valence-electron chi connectivity index (χ4n) is 1.15. The van der Waals surface area contributed by atoms with Gasteiger partial charge in [-0.1, -0.05) is 12.1 Å². The largest absolute Gasteiger partial charge is 0.490 e. The zero-order valence-corrected chi connectivity index (χ0v) is 8.73. The van der Waals surface area contributed by atoms with Crippen molar-refractivity contribution < 1.29 is 14.3 Å². The minimum Gasteiger partial charge on any atom is -0.490 e. The van der Waals surface area contributed by atoms with Gasteiger partial charge in [0.15, 0.2) is 0 Å². The van der Waals surface area contributed by atoms with E-state index < -0.39 is 5.91 Å².